The number of carbonyl (C=O) groups excluding carboxylic acids is 2. The Kier molecular flexibility index (Phi) is 6.33. The number of aliphatic hydroxyl groups is 1. The van der Waals surface area contributed by atoms with Gasteiger partial charge in [0.2, 0.25) is 5.95 Å². The summed E-state index contributed by atoms with van der Waals surface area (Å²) >= 11 is 0. The molecule has 3 aromatic carbocycles. The van der Waals surface area contributed by atoms with Crippen LogP contribution in [0.4, 0.5) is 5.95 Å². The lowest BCUT2D eigenvalue weighted by Crippen LogP contribution is -2.30. The molecule has 2 heterocycles. The molecular weight excluding hydrogens is 490 g/mol. The lowest BCUT2D eigenvalue weighted by atomic mass is 9.85. The number of aromatic nitrogens is 2. The van der Waals surface area contributed by atoms with Crippen LogP contribution in [-0.4, -0.2) is 33.9 Å². The van der Waals surface area contributed by atoms with Crippen LogP contribution in [0, 0.1) is 20.8 Å². The van der Waals surface area contributed by atoms with Gasteiger partial charge in [-0.3, -0.25) is 14.5 Å². The standard InChI is InChI=1S/C32H33N3O4/c1-17-8-13-23-24(16-17)34-31(33-23)35-26(20-9-11-21(12-10-20)32(4,5)6)25(28(37)30(35)38)27(36)22-15-18(2)14-19(3)29(22)39-7/h8-16,26,36H,1-7H3,(H,33,34)/b27-25+. The van der Waals surface area contributed by atoms with Crippen LogP contribution in [0.15, 0.2) is 60.2 Å². The number of anilines is 1. The van der Waals surface area contributed by atoms with Crippen molar-refractivity contribution in [3.63, 3.8) is 0 Å². The Morgan fingerprint density at radius 1 is 0.974 bits per heavy atom. The van der Waals surface area contributed by atoms with E-state index in [-0.39, 0.29) is 22.7 Å². The van der Waals surface area contributed by atoms with Crippen LogP contribution in [0.3, 0.4) is 0 Å². The second kappa shape index (κ2) is 9.42. The minimum Gasteiger partial charge on any atom is -0.507 e. The number of Topliss-reactive ketones (excluding diaryl/α,β-unsaturated/α-hetero) is 1. The molecule has 1 aliphatic rings. The number of aliphatic hydroxyl groups excluding tert-OH is 1. The van der Waals surface area contributed by atoms with Crippen molar-refractivity contribution < 1.29 is 19.4 Å². The number of methoxy groups -OCH3 is 1. The van der Waals surface area contributed by atoms with Crippen molar-refractivity contribution in [2.75, 3.05) is 12.0 Å². The molecule has 0 saturated carbocycles. The average molecular weight is 524 g/mol. The zero-order valence-electron chi connectivity index (χ0n) is 23.3. The van der Waals surface area contributed by atoms with Gasteiger partial charge in [0.05, 0.1) is 35.3 Å². The number of imidazole rings is 1. The van der Waals surface area contributed by atoms with Crippen LogP contribution in [0.1, 0.15) is 60.2 Å². The summed E-state index contributed by atoms with van der Waals surface area (Å²) < 4.78 is 5.61. The van der Waals surface area contributed by atoms with Gasteiger partial charge in [-0.25, -0.2) is 4.98 Å². The SMILES string of the molecule is COc1c(C)cc(C)cc1/C(O)=C1\C(=O)C(=O)N(c2nc3ccc(C)cc3[nH]2)C1c1ccc(C(C)(C)C)cc1. The normalized spacial score (nSPS) is 17.3. The number of aromatic amines is 1. The minimum atomic E-state index is -0.897. The summed E-state index contributed by atoms with van der Waals surface area (Å²) in [6.45, 7) is 12.1. The number of amides is 1. The van der Waals surface area contributed by atoms with Crippen molar-refractivity contribution in [3.05, 3.63) is 93.6 Å². The van der Waals surface area contributed by atoms with E-state index in [1.54, 1.807) is 6.07 Å². The molecule has 1 aromatic heterocycles. The maximum absolute atomic E-state index is 13.7. The van der Waals surface area contributed by atoms with Crippen molar-refractivity contribution >= 4 is 34.4 Å². The molecule has 39 heavy (non-hydrogen) atoms. The molecule has 0 bridgehead atoms. The fraction of sp³-hybridized carbons (Fsp3) is 0.281. The zero-order chi connectivity index (χ0) is 28.2. The zero-order valence-corrected chi connectivity index (χ0v) is 23.3. The fourth-order valence-corrected chi connectivity index (χ4v) is 5.30. The van der Waals surface area contributed by atoms with Gasteiger partial charge < -0.3 is 14.8 Å². The number of nitrogens with zero attached hydrogens (tertiary/aromatic N) is 2. The number of aryl methyl sites for hydroxylation is 3. The third kappa shape index (κ3) is 4.48. The van der Waals surface area contributed by atoms with Gasteiger partial charge in [0.15, 0.2) is 0 Å². The van der Waals surface area contributed by atoms with E-state index in [1.165, 1.54) is 12.0 Å². The van der Waals surface area contributed by atoms with Gasteiger partial charge in [0, 0.05) is 0 Å². The van der Waals surface area contributed by atoms with E-state index in [4.69, 9.17) is 4.74 Å². The Balaban J connectivity index is 1.76. The largest absolute Gasteiger partial charge is 0.507 e. The monoisotopic (exact) mass is 523 g/mol. The maximum atomic E-state index is 13.7. The van der Waals surface area contributed by atoms with Gasteiger partial charge in [-0.1, -0.05) is 57.2 Å². The lowest BCUT2D eigenvalue weighted by molar-refractivity contribution is -0.132. The molecule has 5 rings (SSSR count). The Morgan fingerprint density at radius 3 is 2.31 bits per heavy atom. The number of rotatable bonds is 4. The van der Waals surface area contributed by atoms with Crippen LogP contribution >= 0.6 is 0 Å². The van der Waals surface area contributed by atoms with Gasteiger partial charge in [0.25, 0.3) is 5.78 Å². The van der Waals surface area contributed by atoms with Gasteiger partial charge in [-0.15, -0.1) is 0 Å². The number of hydrogen-bond acceptors (Lipinski definition) is 5. The van der Waals surface area contributed by atoms with E-state index in [1.807, 2.05) is 69.3 Å². The molecule has 1 fully saturated rings. The first-order chi connectivity index (χ1) is 18.4. The predicted octanol–water partition coefficient (Wildman–Crippen LogP) is 6.42. The highest BCUT2D eigenvalue weighted by molar-refractivity contribution is 6.51. The number of nitrogens with one attached hydrogen (secondary N) is 1. The highest BCUT2D eigenvalue weighted by Gasteiger charge is 2.48. The first-order valence-corrected chi connectivity index (χ1v) is 12.9. The molecule has 1 amide bonds. The number of carbonyl (C=O) groups is 2. The van der Waals surface area contributed by atoms with Crippen molar-refractivity contribution in [3.8, 4) is 5.75 Å². The van der Waals surface area contributed by atoms with E-state index in [9.17, 15) is 14.7 Å². The number of benzene rings is 3. The van der Waals surface area contributed by atoms with Crippen LogP contribution in [0.25, 0.3) is 16.8 Å². The van der Waals surface area contributed by atoms with E-state index < -0.39 is 17.7 Å². The predicted molar refractivity (Wildman–Crippen MR) is 153 cm³/mol. The molecular formula is C32H33N3O4. The number of ether oxygens (including phenoxy) is 1. The first kappa shape index (κ1) is 26.2. The van der Waals surface area contributed by atoms with Gasteiger partial charge >= 0.3 is 5.91 Å². The molecule has 1 unspecified atom stereocenters. The summed E-state index contributed by atoms with van der Waals surface area (Å²) in [4.78, 5) is 36.5. The summed E-state index contributed by atoms with van der Waals surface area (Å²) in [5.74, 6) is -1.13. The smallest absolute Gasteiger partial charge is 0.302 e. The summed E-state index contributed by atoms with van der Waals surface area (Å²) in [7, 11) is 1.52. The second-order valence-corrected chi connectivity index (χ2v) is 11.3. The quantitative estimate of drug-likeness (QED) is 0.183. The molecule has 1 aliphatic heterocycles. The second-order valence-electron chi connectivity index (χ2n) is 11.3. The Labute approximate surface area is 228 Å². The maximum Gasteiger partial charge on any atom is 0.302 e. The minimum absolute atomic E-state index is 0.0107. The molecule has 2 N–H and O–H groups in total. The van der Waals surface area contributed by atoms with Crippen LogP contribution in [0.2, 0.25) is 0 Å². The fourth-order valence-electron chi connectivity index (χ4n) is 5.30. The van der Waals surface area contributed by atoms with Crippen LogP contribution < -0.4 is 9.64 Å². The molecule has 7 heteroatoms. The highest BCUT2D eigenvalue weighted by atomic mass is 16.5. The molecule has 1 saturated heterocycles. The van der Waals surface area contributed by atoms with E-state index in [0.717, 1.165) is 27.8 Å². The van der Waals surface area contributed by atoms with Crippen molar-refractivity contribution in [1.29, 1.82) is 0 Å². The van der Waals surface area contributed by atoms with E-state index >= 15 is 0 Å². The number of ketones is 1. The number of fused-ring (bicyclic) bond motifs is 1. The Morgan fingerprint density at radius 2 is 1.67 bits per heavy atom. The molecule has 1 atom stereocenters. The summed E-state index contributed by atoms with van der Waals surface area (Å²) in [6.07, 6.45) is 0. The third-order valence-electron chi connectivity index (χ3n) is 7.27. The van der Waals surface area contributed by atoms with Crippen LogP contribution in [-0.2, 0) is 15.0 Å². The number of H-pyrrole nitrogens is 1. The molecule has 0 radical (unpaired) electrons. The molecule has 200 valence electrons. The Hall–Kier alpha value is -4.39. The van der Waals surface area contributed by atoms with E-state index in [0.29, 0.717) is 22.4 Å². The first-order valence-electron chi connectivity index (χ1n) is 12.9. The lowest BCUT2D eigenvalue weighted by Gasteiger charge is -2.25. The topological polar surface area (TPSA) is 95.5 Å². The molecule has 0 aliphatic carbocycles. The van der Waals surface area contributed by atoms with Gasteiger partial charge in [-0.2, -0.15) is 0 Å². The van der Waals surface area contributed by atoms with Crippen molar-refractivity contribution in [2.24, 2.45) is 0 Å². The summed E-state index contributed by atoms with van der Waals surface area (Å²) in [5.41, 5.74) is 6.24. The molecule has 0 spiro atoms. The van der Waals surface area contributed by atoms with Crippen LogP contribution in [0.5, 0.6) is 5.75 Å². The summed E-state index contributed by atoms with van der Waals surface area (Å²) in [6, 6.07) is 16.4. The third-order valence-corrected chi connectivity index (χ3v) is 7.27. The molecule has 4 aromatic rings. The van der Waals surface area contributed by atoms with E-state index in [2.05, 4.69) is 30.7 Å². The van der Waals surface area contributed by atoms with Crippen molar-refractivity contribution in [2.45, 2.75) is 53.0 Å². The highest BCUT2D eigenvalue weighted by Crippen LogP contribution is 2.44. The number of hydrogen-bond donors (Lipinski definition) is 2. The van der Waals surface area contributed by atoms with Crippen molar-refractivity contribution in [1.82, 2.24) is 9.97 Å². The van der Waals surface area contributed by atoms with Gasteiger partial charge in [-0.05, 0) is 72.2 Å². The Bertz CT molecular complexity index is 1660. The average Bonchev–Trinajstić information content (AvgIpc) is 3.40. The van der Waals surface area contributed by atoms with Gasteiger partial charge in [0.1, 0.15) is 11.5 Å². The molecule has 7 nitrogen and oxygen atoms in total. The summed E-state index contributed by atoms with van der Waals surface area (Å²) in [5, 5.41) is 11.7.